The molecule has 18 heavy (non-hydrogen) atoms. The molecular weight excluding hydrogens is 232 g/mol. The van der Waals surface area contributed by atoms with Crippen molar-refractivity contribution in [1.82, 2.24) is 14.0 Å². The zero-order valence-electron chi connectivity index (χ0n) is 10.8. The van der Waals surface area contributed by atoms with Crippen LogP contribution in [0.4, 0.5) is 5.82 Å². The van der Waals surface area contributed by atoms with Crippen molar-refractivity contribution in [3.63, 3.8) is 0 Å². The third-order valence-corrected chi connectivity index (χ3v) is 2.24. The van der Waals surface area contributed by atoms with Crippen LogP contribution >= 0.6 is 0 Å². The minimum absolute atomic E-state index is 0.0324. The lowest BCUT2D eigenvalue weighted by Gasteiger charge is -2.10. The second-order valence-corrected chi connectivity index (χ2v) is 3.87. The number of rotatable bonds is 4. The van der Waals surface area contributed by atoms with Crippen LogP contribution < -0.4 is 11.2 Å². The minimum atomic E-state index is -0.437. The van der Waals surface area contributed by atoms with E-state index in [4.69, 9.17) is 6.42 Å². The maximum absolute atomic E-state index is 12.0. The van der Waals surface area contributed by atoms with Crippen LogP contribution in [0.2, 0.25) is 0 Å². The van der Waals surface area contributed by atoms with Crippen molar-refractivity contribution < 1.29 is 0 Å². The Hall–Kier alpha value is -2.29. The van der Waals surface area contributed by atoms with Crippen LogP contribution in [0.15, 0.2) is 20.6 Å². The Morgan fingerprint density at radius 3 is 2.61 bits per heavy atom. The molecule has 1 aromatic heterocycles. The molecule has 0 fully saturated rings. The van der Waals surface area contributed by atoms with Crippen molar-refractivity contribution in [2.45, 2.75) is 20.0 Å². The monoisotopic (exact) mass is 248 g/mol. The molecule has 0 amide bonds. The van der Waals surface area contributed by atoms with Crippen LogP contribution in [0.3, 0.4) is 0 Å². The molecule has 1 aromatic rings. The summed E-state index contributed by atoms with van der Waals surface area (Å²) in [5, 5.41) is 0. The second-order valence-electron chi connectivity index (χ2n) is 3.87. The lowest BCUT2D eigenvalue weighted by Crippen LogP contribution is -2.38. The molecule has 0 aliphatic rings. The van der Waals surface area contributed by atoms with Crippen LogP contribution in [0.1, 0.15) is 6.92 Å². The fraction of sp³-hybridized carbons (Fsp3) is 0.417. The zero-order valence-corrected chi connectivity index (χ0v) is 10.8. The van der Waals surface area contributed by atoms with Gasteiger partial charge in [-0.2, -0.15) is 0 Å². The van der Waals surface area contributed by atoms with E-state index in [0.717, 1.165) is 4.57 Å². The average molecular weight is 248 g/mol. The van der Waals surface area contributed by atoms with Gasteiger partial charge < -0.3 is 4.90 Å². The summed E-state index contributed by atoms with van der Waals surface area (Å²) >= 11 is 0. The van der Waals surface area contributed by atoms with Crippen LogP contribution in [-0.2, 0) is 13.1 Å². The normalized spacial score (nSPS) is 10.6. The highest BCUT2D eigenvalue weighted by atomic mass is 16.2. The zero-order chi connectivity index (χ0) is 13.7. The first kappa shape index (κ1) is 13.8. The molecular formula is C12H16N4O2. The fourth-order valence-corrected chi connectivity index (χ4v) is 1.42. The van der Waals surface area contributed by atoms with Crippen LogP contribution in [0, 0.1) is 12.3 Å². The molecule has 0 saturated carbocycles. The molecule has 0 unspecified atom stereocenters. The SMILES string of the molecule is C#CCn1c(=O)cc(N=CN(C)C)n(CC)c1=O. The molecule has 6 heteroatoms. The topological polar surface area (TPSA) is 59.6 Å². The lowest BCUT2D eigenvalue weighted by atomic mass is 10.5. The third kappa shape index (κ3) is 2.88. The molecule has 1 heterocycles. The number of aromatic nitrogens is 2. The van der Waals surface area contributed by atoms with Crippen molar-refractivity contribution in [2.75, 3.05) is 14.1 Å². The summed E-state index contributed by atoms with van der Waals surface area (Å²) in [5.41, 5.74) is -0.873. The summed E-state index contributed by atoms with van der Waals surface area (Å²) in [5.74, 6) is 2.62. The second kappa shape index (κ2) is 5.87. The summed E-state index contributed by atoms with van der Waals surface area (Å²) in [7, 11) is 3.61. The van der Waals surface area contributed by atoms with Gasteiger partial charge in [0.25, 0.3) is 5.56 Å². The van der Waals surface area contributed by atoms with Crippen LogP contribution in [0.25, 0.3) is 0 Å². The average Bonchev–Trinajstić information content (AvgIpc) is 2.31. The molecule has 6 nitrogen and oxygen atoms in total. The summed E-state index contributed by atoms with van der Waals surface area (Å²) in [6, 6.07) is 1.31. The van der Waals surface area contributed by atoms with Crippen molar-refractivity contribution >= 4 is 12.2 Å². The van der Waals surface area contributed by atoms with Crippen molar-refractivity contribution in [2.24, 2.45) is 4.99 Å². The standard InChI is InChI=1S/C12H16N4O2/c1-5-7-16-11(17)8-10(13-9-14(3)4)15(6-2)12(16)18/h1,8-9H,6-7H2,2-4H3. The number of hydrogen-bond donors (Lipinski definition) is 0. The Bertz CT molecular complexity index is 602. The quantitative estimate of drug-likeness (QED) is 0.424. The molecule has 1 rings (SSSR count). The molecule has 0 N–H and O–H groups in total. The van der Waals surface area contributed by atoms with E-state index in [0.29, 0.717) is 12.4 Å². The number of nitrogens with zero attached hydrogens (tertiary/aromatic N) is 4. The summed E-state index contributed by atoms with van der Waals surface area (Å²) in [4.78, 5) is 29.6. The van der Waals surface area contributed by atoms with E-state index in [1.165, 1.54) is 17.0 Å². The van der Waals surface area contributed by atoms with E-state index < -0.39 is 11.2 Å². The van der Waals surface area contributed by atoms with E-state index in [1.807, 2.05) is 0 Å². The minimum Gasteiger partial charge on any atom is -0.369 e. The molecule has 96 valence electrons. The molecule has 0 spiro atoms. The van der Waals surface area contributed by atoms with E-state index >= 15 is 0 Å². The van der Waals surface area contributed by atoms with Gasteiger partial charge in [0.15, 0.2) is 0 Å². The Labute approximate surface area is 105 Å². The third-order valence-electron chi connectivity index (χ3n) is 2.24. The summed E-state index contributed by atoms with van der Waals surface area (Å²) in [6.45, 7) is 2.19. The smallest absolute Gasteiger partial charge is 0.333 e. The molecule has 0 saturated heterocycles. The number of aliphatic imine (C=N–C) groups is 1. The number of terminal acetylenes is 1. The Morgan fingerprint density at radius 1 is 1.44 bits per heavy atom. The first-order valence-corrected chi connectivity index (χ1v) is 5.50. The molecule has 0 radical (unpaired) electrons. The highest BCUT2D eigenvalue weighted by molar-refractivity contribution is 5.58. The van der Waals surface area contributed by atoms with Gasteiger partial charge in [0.1, 0.15) is 5.82 Å². The van der Waals surface area contributed by atoms with Gasteiger partial charge in [-0.15, -0.1) is 6.42 Å². The van der Waals surface area contributed by atoms with E-state index in [-0.39, 0.29) is 6.54 Å². The van der Waals surface area contributed by atoms with Gasteiger partial charge in [-0.1, -0.05) is 5.92 Å². The highest BCUT2D eigenvalue weighted by Crippen LogP contribution is 2.05. The summed E-state index contributed by atoms with van der Waals surface area (Å²) < 4.78 is 2.41. The summed E-state index contributed by atoms with van der Waals surface area (Å²) in [6.07, 6.45) is 6.67. The molecule has 0 aliphatic heterocycles. The van der Waals surface area contributed by atoms with E-state index in [2.05, 4.69) is 10.9 Å². The maximum atomic E-state index is 12.0. The lowest BCUT2D eigenvalue weighted by molar-refractivity contribution is 0.610. The largest absolute Gasteiger partial charge is 0.369 e. The predicted molar refractivity (Wildman–Crippen MR) is 71.3 cm³/mol. The van der Waals surface area contributed by atoms with Gasteiger partial charge in [-0.05, 0) is 6.92 Å². The van der Waals surface area contributed by atoms with Gasteiger partial charge in [-0.25, -0.2) is 14.4 Å². The van der Waals surface area contributed by atoms with Gasteiger partial charge in [0.05, 0.1) is 12.9 Å². The first-order valence-electron chi connectivity index (χ1n) is 5.50. The molecule has 0 aromatic carbocycles. The maximum Gasteiger partial charge on any atom is 0.333 e. The van der Waals surface area contributed by atoms with Gasteiger partial charge in [0.2, 0.25) is 0 Å². The van der Waals surface area contributed by atoms with E-state index in [9.17, 15) is 9.59 Å². The van der Waals surface area contributed by atoms with Crippen molar-refractivity contribution in [3.8, 4) is 12.3 Å². The Balaban J connectivity index is 3.44. The van der Waals surface area contributed by atoms with Crippen LogP contribution in [-0.4, -0.2) is 34.5 Å². The molecule has 0 aliphatic carbocycles. The Kier molecular flexibility index (Phi) is 4.49. The first-order chi connectivity index (χ1) is 8.51. The molecule has 0 bridgehead atoms. The van der Waals surface area contributed by atoms with Crippen LogP contribution in [0.5, 0.6) is 0 Å². The Morgan fingerprint density at radius 2 is 2.11 bits per heavy atom. The van der Waals surface area contributed by atoms with Crippen molar-refractivity contribution in [1.29, 1.82) is 0 Å². The fourth-order valence-electron chi connectivity index (χ4n) is 1.42. The number of hydrogen-bond acceptors (Lipinski definition) is 3. The molecule has 0 atom stereocenters. The van der Waals surface area contributed by atoms with Gasteiger partial charge in [-0.3, -0.25) is 9.36 Å². The van der Waals surface area contributed by atoms with Crippen molar-refractivity contribution in [3.05, 3.63) is 26.9 Å². The van der Waals surface area contributed by atoms with Gasteiger partial charge in [0, 0.05) is 26.7 Å². The predicted octanol–water partition coefficient (Wildman–Crippen LogP) is -0.116. The van der Waals surface area contributed by atoms with E-state index in [1.54, 1.807) is 25.9 Å². The van der Waals surface area contributed by atoms with Gasteiger partial charge >= 0.3 is 5.69 Å². The highest BCUT2D eigenvalue weighted by Gasteiger charge is 2.08.